The smallest absolute Gasteiger partial charge is 0.338 e. The van der Waals surface area contributed by atoms with Gasteiger partial charge in [-0.3, -0.25) is 0 Å². The van der Waals surface area contributed by atoms with Crippen molar-refractivity contribution in [1.29, 1.82) is 0 Å². The number of benzene rings is 2. The maximum atomic E-state index is 12.3. The molecule has 30 heavy (non-hydrogen) atoms. The Balaban J connectivity index is 1.72. The van der Waals surface area contributed by atoms with Gasteiger partial charge >= 0.3 is 11.9 Å². The van der Waals surface area contributed by atoms with Crippen molar-refractivity contribution in [3.63, 3.8) is 0 Å². The number of carbonyl (C=O) groups excluding carboxylic acids is 2. The lowest BCUT2D eigenvalue weighted by atomic mass is 10.1. The third-order valence-electron chi connectivity index (χ3n) is 5.22. The first-order chi connectivity index (χ1) is 14.7. The van der Waals surface area contributed by atoms with E-state index in [1.165, 1.54) is 12.8 Å². The molecule has 0 amide bonds. The van der Waals surface area contributed by atoms with Gasteiger partial charge in [-0.25, -0.2) is 9.59 Å². The summed E-state index contributed by atoms with van der Waals surface area (Å²) in [6.45, 7) is 0.939. The van der Waals surface area contributed by atoms with Gasteiger partial charge in [0.2, 0.25) is 0 Å². The number of cyclic esters (lactones) is 2. The second kappa shape index (κ2) is 12.0. The van der Waals surface area contributed by atoms with Gasteiger partial charge < -0.3 is 9.47 Å². The summed E-state index contributed by atoms with van der Waals surface area (Å²) in [5, 5.41) is 0. The fourth-order valence-electron chi connectivity index (χ4n) is 3.49. The molecule has 158 valence electrons. The summed E-state index contributed by atoms with van der Waals surface area (Å²) in [4.78, 5) is 24.6. The molecular weight excluding hydrogens is 376 g/mol. The molecule has 0 aliphatic carbocycles. The van der Waals surface area contributed by atoms with Gasteiger partial charge in [0.05, 0.1) is 24.3 Å². The van der Waals surface area contributed by atoms with Crippen LogP contribution in [-0.4, -0.2) is 25.2 Å². The van der Waals surface area contributed by atoms with Crippen molar-refractivity contribution >= 4 is 24.1 Å². The van der Waals surface area contributed by atoms with E-state index in [9.17, 15) is 9.59 Å². The molecule has 4 nitrogen and oxygen atoms in total. The van der Waals surface area contributed by atoms with Gasteiger partial charge in [-0.1, -0.05) is 74.9 Å². The van der Waals surface area contributed by atoms with E-state index in [-0.39, 0.29) is 11.9 Å². The normalized spacial score (nSPS) is 18.3. The zero-order valence-corrected chi connectivity index (χ0v) is 17.5. The summed E-state index contributed by atoms with van der Waals surface area (Å²) < 4.78 is 10.9. The second-order valence-corrected chi connectivity index (χ2v) is 7.68. The van der Waals surface area contributed by atoms with E-state index in [2.05, 4.69) is 0 Å². The van der Waals surface area contributed by atoms with Crippen molar-refractivity contribution in [2.45, 2.75) is 51.4 Å². The van der Waals surface area contributed by atoms with Gasteiger partial charge in [-0.2, -0.15) is 0 Å². The molecule has 0 aromatic heterocycles. The number of ether oxygens (including phenoxy) is 2. The highest BCUT2D eigenvalue weighted by atomic mass is 16.5. The molecule has 0 spiro atoms. The maximum absolute atomic E-state index is 12.3. The lowest BCUT2D eigenvalue weighted by Crippen LogP contribution is -2.07. The first-order valence-corrected chi connectivity index (χ1v) is 10.9. The molecule has 2 aromatic carbocycles. The lowest BCUT2D eigenvalue weighted by Gasteiger charge is -2.07. The number of hydrogen-bond acceptors (Lipinski definition) is 4. The van der Waals surface area contributed by atoms with Crippen molar-refractivity contribution in [1.82, 2.24) is 0 Å². The van der Waals surface area contributed by atoms with Gasteiger partial charge in [-0.05, 0) is 48.2 Å². The van der Waals surface area contributed by atoms with E-state index >= 15 is 0 Å². The highest BCUT2D eigenvalue weighted by Crippen LogP contribution is 2.15. The van der Waals surface area contributed by atoms with Gasteiger partial charge in [0.15, 0.2) is 0 Å². The molecule has 0 radical (unpaired) electrons. The van der Waals surface area contributed by atoms with E-state index in [1.54, 1.807) is 12.1 Å². The Morgan fingerprint density at radius 2 is 0.933 bits per heavy atom. The predicted molar refractivity (Wildman–Crippen MR) is 119 cm³/mol. The number of carbonyl (C=O) groups is 2. The third-order valence-corrected chi connectivity index (χ3v) is 5.22. The lowest BCUT2D eigenvalue weighted by molar-refractivity contribution is 0.0487. The van der Waals surface area contributed by atoms with E-state index in [0.717, 1.165) is 49.7 Å². The Morgan fingerprint density at radius 1 is 0.533 bits per heavy atom. The largest absolute Gasteiger partial charge is 0.462 e. The van der Waals surface area contributed by atoms with Crippen LogP contribution in [0.15, 0.2) is 48.5 Å². The third kappa shape index (κ3) is 7.18. The summed E-state index contributed by atoms with van der Waals surface area (Å²) in [6, 6.07) is 14.8. The summed E-state index contributed by atoms with van der Waals surface area (Å²) >= 11 is 0. The van der Waals surface area contributed by atoms with Crippen molar-refractivity contribution in [3.05, 3.63) is 70.8 Å². The van der Waals surface area contributed by atoms with Crippen LogP contribution in [0, 0.1) is 0 Å². The van der Waals surface area contributed by atoms with Crippen LogP contribution in [0.4, 0.5) is 0 Å². The number of esters is 2. The summed E-state index contributed by atoms with van der Waals surface area (Å²) in [5.41, 5.74) is 2.91. The molecule has 0 saturated heterocycles. The van der Waals surface area contributed by atoms with Gasteiger partial charge in [0.1, 0.15) is 0 Å². The van der Waals surface area contributed by atoms with E-state index in [4.69, 9.17) is 9.47 Å². The van der Waals surface area contributed by atoms with E-state index in [1.807, 2.05) is 48.6 Å². The quantitative estimate of drug-likeness (QED) is 0.481. The zero-order chi connectivity index (χ0) is 21.0. The average molecular weight is 407 g/mol. The monoisotopic (exact) mass is 406 g/mol. The average Bonchev–Trinajstić information content (AvgIpc) is 2.78. The van der Waals surface area contributed by atoms with Gasteiger partial charge in [0, 0.05) is 0 Å². The van der Waals surface area contributed by atoms with Crippen LogP contribution in [0.5, 0.6) is 0 Å². The Hall–Kier alpha value is -2.88. The van der Waals surface area contributed by atoms with Crippen molar-refractivity contribution in [3.8, 4) is 0 Å². The van der Waals surface area contributed by atoms with Crippen LogP contribution < -0.4 is 0 Å². The molecule has 0 fully saturated rings. The van der Waals surface area contributed by atoms with Crippen LogP contribution >= 0.6 is 0 Å². The molecule has 0 N–H and O–H groups in total. The molecule has 3 rings (SSSR count). The van der Waals surface area contributed by atoms with E-state index < -0.39 is 0 Å². The topological polar surface area (TPSA) is 52.6 Å². The van der Waals surface area contributed by atoms with Crippen LogP contribution in [0.2, 0.25) is 0 Å². The Morgan fingerprint density at radius 3 is 1.37 bits per heavy atom. The molecule has 0 saturated carbocycles. The maximum Gasteiger partial charge on any atom is 0.338 e. The van der Waals surface area contributed by atoms with Gasteiger partial charge in [-0.15, -0.1) is 0 Å². The Kier molecular flexibility index (Phi) is 8.70. The summed E-state index contributed by atoms with van der Waals surface area (Å²) in [7, 11) is 0. The molecular formula is C26H30O4. The molecule has 4 heteroatoms. The van der Waals surface area contributed by atoms with Crippen LogP contribution in [-0.2, 0) is 9.47 Å². The zero-order valence-electron chi connectivity index (χ0n) is 17.5. The van der Waals surface area contributed by atoms with Crippen LogP contribution in [0.3, 0.4) is 0 Å². The second-order valence-electron chi connectivity index (χ2n) is 7.68. The minimum absolute atomic E-state index is 0.280. The first kappa shape index (κ1) is 21.8. The fourth-order valence-corrected chi connectivity index (χ4v) is 3.49. The van der Waals surface area contributed by atoms with E-state index in [0.29, 0.717) is 24.3 Å². The predicted octanol–water partition coefficient (Wildman–Crippen LogP) is 6.31. The molecule has 2 aromatic rings. The van der Waals surface area contributed by atoms with Crippen molar-refractivity contribution in [2.24, 2.45) is 0 Å². The Labute approximate surface area is 178 Å². The summed E-state index contributed by atoms with van der Waals surface area (Å²) in [5.74, 6) is -0.561. The molecule has 1 aliphatic heterocycles. The van der Waals surface area contributed by atoms with Crippen LogP contribution in [0.25, 0.3) is 12.2 Å². The highest BCUT2D eigenvalue weighted by Gasteiger charge is 2.08. The molecule has 0 unspecified atom stereocenters. The number of hydrogen-bond donors (Lipinski definition) is 0. The fraction of sp³-hybridized carbons (Fsp3) is 0.385. The number of fused-ring (bicyclic) bond motifs is 4. The summed E-state index contributed by atoms with van der Waals surface area (Å²) in [6.07, 6.45) is 12.5. The van der Waals surface area contributed by atoms with Crippen molar-refractivity contribution < 1.29 is 19.1 Å². The standard InChI is InChI=1S/C26H30O4/c27-25-23-13-9-11-21(19-23)15-16-22-12-10-14-24(20-22)26(28)30-18-8-6-4-2-1-3-5-7-17-29-25/h9-16,19-20H,1-8,17-18H2/b16-15-. The first-order valence-electron chi connectivity index (χ1n) is 10.9. The minimum Gasteiger partial charge on any atom is -0.462 e. The number of rotatable bonds is 0. The molecule has 4 bridgehead atoms. The molecule has 1 aliphatic rings. The highest BCUT2D eigenvalue weighted by molar-refractivity contribution is 5.91. The molecule has 1 heterocycles. The molecule has 0 atom stereocenters. The van der Waals surface area contributed by atoms with Crippen molar-refractivity contribution in [2.75, 3.05) is 13.2 Å². The Bertz CT molecular complexity index is 797. The van der Waals surface area contributed by atoms with Gasteiger partial charge in [0.25, 0.3) is 0 Å². The van der Waals surface area contributed by atoms with Crippen LogP contribution in [0.1, 0.15) is 83.2 Å². The SMILES string of the molecule is O=C1OCCCCCCCCCCOC(=O)c2cccc(c2)/C=C\c2cccc1c2. The minimum atomic E-state index is -0.280.